The van der Waals surface area contributed by atoms with Gasteiger partial charge < -0.3 is 10.6 Å². The molecule has 2 N–H and O–H groups in total. The third-order valence-electron chi connectivity index (χ3n) is 2.16. The quantitative estimate of drug-likeness (QED) is 0.778. The van der Waals surface area contributed by atoms with Crippen molar-refractivity contribution in [3.63, 3.8) is 0 Å². The van der Waals surface area contributed by atoms with Crippen LogP contribution in [0.5, 0.6) is 0 Å². The van der Waals surface area contributed by atoms with E-state index < -0.39 is 0 Å². The number of carbonyl (C=O) groups is 1. The lowest BCUT2D eigenvalue weighted by Crippen LogP contribution is -2.40. The fourth-order valence-electron chi connectivity index (χ4n) is 1.48. The van der Waals surface area contributed by atoms with Gasteiger partial charge in [-0.15, -0.1) is 0 Å². The molecule has 0 aromatic heterocycles. The molecule has 1 aromatic rings. The molecule has 4 heteroatoms. The number of fused-ring (bicyclic) bond motifs is 1. The molecule has 1 aliphatic rings. The molecule has 74 valence electrons. The summed E-state index contributed by atoms with van der Waals surface area (Å²) in [6, 6.07) is 7.63. The Morgan fingerprint density at radius 3 is 2.79 bits per heavy atom. The van der Waals surface area contributed by atoms with Gasteiger partial charge >= 0.3 is 0 Å². The molecule has 1 atom stereocenters. The second-order valence-corrected chi connectivity index (χ2v) is 4.10. The van der Waals surface area contributed by atoms with Gasteiger partial charge in [-0.2, -0.15) is 11.8 Å². The van der Waals surface area contributed by atoms with Gasteiger partial charge in [0.2, 0.25) is 5.91 Å². The highest BCUT2D eigenvalue weighted by atomic mass is 32.2. The van der Waals surface area contributed by atoms with E-state index in [9.17, 15) is 4.79 Å². The number of benzene rings is 1. The predicted octanol–water partition coefficient (Wildman–Crippen LogP) is 1.78. The van der Waals surface area contributed by atoms with E-state index in [1.165, 1.54) is 0 Å². The summed E-state index contributed by atoms with van der Waals surface area (Å²) >= 11 is 1.66. The van der Waals surface area contributed by atoms with Crippen LogP contribution in [0.1, 0.15) is 0 Å². The monoisotopic (exact) mass is 208 g/mol. The number of nitrogens with one attached hydrogen (secondary N) is 2. The summed E-state index contributed by atoms with van der Waals surface area (Å²) in [6.07, 6.45) is 2.00. The number of rotatable bonds is 2. The topological polar surface area (TPSA) is 41.1 Å². The lowest BCUT2D eigenvalue weighted by atomic mass is 10.1. The Morgan fingerprint density at radius 2 is 2.07 bits per heavy atom. The molecule has 0 saturated heterocycles. The van der Waals surface area contributed by atoms with Gasteiger partial charge in [-0.05, 0) is 18.4 Å². The van der Waals surface area contributed by atoms with E-state index in [0.29, 0.717) is 0 Å². The van der Waals surface area contributed by atoms with Crippen LogP contribution >= 0.6 is 11.8 Å². The largest absolute Gasteiger partial charge is 0.371 e. The lowest BCUT2D eigenvalue weighted by molar-refractivity contribution is -0.116. The SMILES string of the molecule is CSC[C@H]1Nc2ccccc2NC1=O. The fraction of sp³-hybridized carbons (Fsp3) is 0.300. The Morgan fingerprint density at radius 1 is 1.36 bits per heavy atom. The standard InChI is InChI=1S/C10H12N2OS/c1-14-6-9-10(13)12-8-5-3-2-4-7(8)11-9/h2-5,9,11H,6H2,1H3,(H,12,13)/t9-/m1/s1. The minimum Gasteiger partial charge on any atom is -0.371 e. The summed E-state index contributed by atoms with van der Waals surface area (Å²) < 4.78 is 0. The van der Waals surface area contributed by atoms with Crippen molar-refractivity contribution in [1.82, 2.24) is 0 Å². The van der Waals surface area contributed by atoms with Gasteiger partial charge in [-0.3, -0.25) is 4.79 Å². The molecule has 1 heterocycles. The normalized spacial score (nSPS) is 19.5. The van der Waals surface area contributed by atoms with Crippen LogP contribution in [0.15, 0.2) is 24.3 Å². The number of thioether (sulfide) groups is 1. The molecule has 14 heavy (non-hydrogen) atoms. The van der Waals surface area contributed by atoms with Crippen molar-refractivity contribution in [2.45, 2.75) is 6.04 Å². The molecule has 0 aliphatic carbocycles. The van der Waals surface area contributed by atoms with Crippen LogP contribution in [0.4, 0.5) is 11.4 Å². The molecule has 0 saturated carbocycles. The van der Waals surface area contributed by atoms with Gasteiger partial charge in [-0.1, -0.05) is 12.1 Å². The van der Waals surface area contributed by atoms with Crippen molar-refractivity contribution in [1.29, 1.82) is 0 Å². The number of carbonyl (C=O) groups excluding carboxylic acids is 1. The maximum Gasteiger partial charge on any atom is 0.247 e. The molecule has 3 nitrogen and oxygen atoms in total. The summed E-state index contributed by atoms with van der Waals surface area (Å²) in [4.78, 5) is 11.6. The zero-order valence-electron chi connectivity index (χ0n) is 7.91. The van der Waals surface area contributed by atoms with E-state index in [2.05, 4.69) is 10.6 Å². The number of anilines is 2. The Hall–Kier alpha value is -1.16. The molecule has 0 unspecified atom stereocenters. The summed E-state index contributed by atoms with van der Waals surface area (Å²) in [5, 5.41) is 6.09. The minimum absolute atomic E-state index is 0.0538. The molecule has 1 aromatic carbocycles. The van der Waals surface area contributed by atoms with E-state index in [4.69, 9.17) is 0 Å². The fourth-order valence-corrected chi connectivity index (χ4v) is 2.04. The maximum absolute atomic E-state index is 11.6. The molecule has 1 amide bonds. The highest BCUT2D eigenvalue weighted by Gasteiger charge is 2.23. The van der Waals surface area contributed by atoms with Crippen LogP contribution in [0.2, 0.25) is 0 Å². The average molecular weight is 208 g/mol. The molecule has 2 rings (SSSR count). The molecule has 0 bridgehead atoms. The molecular formula is C10H12N2OS. The zero-order valence-corrected chi connectivity index (χ0v) is 8.73. The van der Waals surface area contributed by atoms with Crippen LogP contribution in [0.25, 0.3) is 0 Å². The van der Waals surface area contributed by atoms with Gasteiger partial charge in [0.25, 0.3) is 0 Å². The number of hydrogen-bond donors (Lipinski definition) is 2. The van der Waals surface area contributed by atoms with Crippen LogP contribution < -0.4 is 10.6 Å². The Balaban J connectivity index is 2.22. The maximum atomic E-state index is 11.6. The van der Waals surface area contributed by atoms with Gasteiger partial charge in [0.15, 0.2) is 0 Å². The minimum atomic E-state index is -0.111. The Kier molecular flexibility index (Phi) is 2.63. The van der Waals surface area contributed by atoms with Crippen molar-refractivity contribution in [3.05, 3.63) is 24.3 Å². The van der Waals surface area contributed by atoms with E-state index in [1.807, 2.05) is 30.5 Å². The highest BCUT2D eigenvalue weighted by molar-refractivity contribution is 7.98. The first-order valence-corrected chi connectivity index (χ1v) is 5.86. The summed E-state index contributed by atoms with van der Waals surface area (Å²) in [5.41, 5.74) is 1.88. The Bertz CT molecular complexity index is 354. The van der Waals surface area contributed by atoms with E-state index in [1.54, 1.807) is 11.8 Å². The van der Waals surface area contributed by atoms with Crippen LogP contribution in [0.3, 0.4) is 0 Å². The molecule has 0 radical (unpaired) electrons. The molecule has 0 fully saturated rings. The van der Waals surface area contributed by atoms with Crippen LogP contribution in [0, 0.1) is 0 Å². The van der Waals surface area contributed by atoms with Gasteiger partial charge in [0.05, 0.1) is 11.4 Å². The first-order valence-electron chi connectivity index (χ1n) is 4.46. The predicted molar refractivity (Wildman–Crippen MR) is 60.9 cm³/mol. The molecule has 1 aliphatic heterocycles. The molecule has 0 spiro atoms. The Labute approximate surface area is 87.3 Å². The molecular weight excluding hydrogens is 196 g/mol. The van der Waals surface area contributed by atoms with Crippen LogP contribution in [-0.2, 0) is 4.79 Å². The van der Waals surface area contributed by atoms with E-state index in [0.717, 1.165) is 17.1 Å². The highest BCUT2D eigenvalue weighted by Crippen LogP contribution is 2.26. The van der Waals surface area contributed by atoms with Gasteiger partial charge in [-0.25, -0.2) is 0 Å². The average Bonchev–Trinajstić information content (AvgIpc) is 2.19. The summed E-state index contributed by atoms with van der Waals surface area (Å²) in [6.45, 7) is 0. The first kappa shape index (κ1) is 9.40. The zero-order chi connectivity index (χ0) is 9.97. The summed E-state index contributed by atoms with van der Waals surface area (Å²) in [5.74, 6) is 0.846. The second kappa shape index (κ2) is 3.92. The van der Waals surface area contributed by atoms with Gasteiger partial charge in [0, 0.05) is 5.75 Å². The van der Waals surface area contributed by atoms with Crippen LogP contribution in [-0.4, -0.2) is 24.0 Å². The third kappa shape index (κ3) is 1.70. The number of hydrogen-bond acceptors (Lipinski definition) is 3. The van der Waals surface area contributed by atoms with Crippen molar-refractivity contribution < 1.29 is 4.79 Å². The van der Waals surface area contributed by atoms with E-state index in [-0.39, 0.29) is 11.9 Å². The number of amides is 1. The van der Waals surface area contributed by atoms with Crippen molar-refractivity contribution in [2.24, 2.45) is 0 Å². The summed E-state index contributed by atoms with van der Waals surface area (Å²) in [7, 11) is 0. The van der Waals surface area contributed by atoms with Crippen molar-refractivity contribution >= 4 is 29.0 Å². The van der Waals surface area contributed by atoms with Crippen molar-refractivity contribution in [3.8, 4) is 0 Å². The lowest BCUT2D eigenvalue weighted by Gasteiger charge is -2.26. The van der Waals surface area contributed by atoms with Crippen molar-refractivity contribution in [2.75, 3.05) is 22.6 Å². The number of para-hydroxylation sites is 2. The second-order valence-electron chi connectivity index (χ2n) is 3.19. The van der Waals surface area contributed by atoms with Gasteiger partial charge in [0.1, 0.15) is 6.04 Å². The first-order chi connectivity index (χ1) is 6.81. The smallest absolute Gasteiger partial charge is 0.247 e. The third-order valence-corrected chi connectivity index (χ3v) is 2.83. The van der Waals surface area contributed by atoms with E-state index >= 15 is 0 Å².